The van der Waals surface area contributed by atoms with Gasteiger partial charge in [0.25, 0.3) is 0 Å². The Morgan fingerprint density at radius 3 is 2.53 bits per heavy atom. The molecule has 1 unspecified atom stereocenters. The van der Waals surface area contributed by atoms with Gasteiger partial charge in [-0.05, 0) is 11.6 Å². The number of hydrogen-bond donors (Lipinski definition) is 2. The van der Waals surface area contributed by atoms with Crippen molar-refractivity contribution in [3.05, 3.63) is 59.5 Å². The van der Waals surface area contributed by atoms with Crippen LogP contribution in [0.3, 0.4) is 0 Å². The molecule has 1 heterocycles. The fraction of sp³-hybridized carbons (Fsp3) is 0.214. The quantitative estimate of drug-likeness (QED) is 0.826. The van der Waals surface area contributed by atoms with Crippen molar-refractivity contribution in [3.63, 3.8) is 0 Å². The van der Waals surface area contributed by atoms with Crippen LogP contribution < -0.4 is 0 Å². The number of alkyl halides is 1. The van der Waals surface area contributed by atoms with Crippen LogP contribution in [0, 0.1) is 0 Å². The Morgan fingerprint density at radius 2 is 1.95 bits per heavy atom. The summed E-state index contributed by atoms with van der Waals surface area (Å²) in [5, 5.41) is 20.0. The van der Waals surface area contributed by atoms with E-state index in [1.54, 1.807) is 24.3 Å². The first-order chi connectivity index (χ1) is 9.09. The molecule has 2 aromatic rings. The molecular weight excluding hydrogens is 268 g/mol. The van der Waals surface area contributed by atoms with Crippen LogP contribution in [0.2, 0.25) is 0 Å². The minimum Gasteiger partial charge on any atom is -0.478 e. The molecule has 0 aliphatic rings. The standard InChI is InChI=1S/C14H13ClO4/c15-8-7-14(18,10-4-2-1-3-5-10)12-11(13(16)17)6-9-19-12/h1-6,9,18H,7-8H2,(H,16,17). The highest BCUT2D eigenvalue weighted by Crippen LogP contribution is 2.36. The van der Waals surface area contributed by atoms with Crippen LogP contribution in [0.1, 0.15) is 28.1 Å². The minimum atomic E-state index is -1.54. The van der Waals surface area contributed by atoms with E-state index in [1.807, 2.05) is 6.07 Å². The Morgan fingerprint density at radius 1 is 1.26 bits per heavy atom. The molecule has 0 spiro atoms. The van der Waals surface area contributed by atoms with Gasteiger partial charge in [0.1, 0.15) is 11.2 Å². The first-order valence-electron chi connectivity index (χ1n) is 5.74. The predicted molar refractivity (Wildman–Crippen MR) is 70.4 cm³/mol. The third kappa shape index (κ3) is 2.50. The molecule has 0 fully saturated rings. The fourth-order valence-corrected chi connectivity index (χ4v) is 2.31. The molecule has 2 N–H and O–H groups in total. The number of halogens is 1. The van der Waals surface area contributed by atoms with E-state index in [1.165, 1.54) is 12.3 Å². The molecule has 0 saturated heterocycles. The number of aromatic carboxylic acids is 1. The third-order valence-electron chi connectivity index (χ3n) is 2.98. The molecule has 1 aromatic carbocycles. The van der Waals surface area contributed by atoms with Crippen molar-refractivity contribution < 1.29 is 19.4 Å². The zero-order valence-electron chi connectivity index (χ0n) is 10.0. The number of hydrogen-bond acceptors (Lipinski definition) is 3. The molecule has 0 aliphatic heterocycles. The van der Waals surface area contributed by atoms with Crippen LogP contribution in [-0.4, -0.2) is 22.1 Å². The summed E-state index contributed by atoms with van der Waals surface area (Å²) in [6.07, 6.45) is 1.41. The van der Waals surface area contributed by atoms with Crippen LogP contribution in [-0.2, 0) is 5.60 Å². The molecule has 19 heavy (non-hydrogen) atoms. The van der Waals surface area contributed by atoms with E-state index in [9.17, 15) is 9.90 Å². The smallest absolute Gasteiger partial charge is 0.339 e. The number of carboxylic acid groups (broad SMARTS) is 1. The summed E-state index contributed by atoms with van der Waals surface area (Å²) >= 11 is 5.74. The summed E-state index contributed by atoms with van der Waals surface area (Å²) in [7, 11) is 0. The summed E-state index contributed by atoms with van der Waals surface area (Å²) in [6, 6.07) is 10.1. The van der Waals surface area contributed by atoms with Crippen molar-refractivity contribution >= 4 is 17.6 Å². The summed E-state index contributed by atoms with van der Waals surface area (Å²) in [5.41, 5.74) is -1.05. The lowest BCUT2D eigenvalue weighted by atomic mass is 9.87. The second-order valence-electron chi connectivity index (χ2n) is 4.13. The molecular formula is C14H13ClO4. The van der Waals surface area contributed by atoms with Gasteiger partial charge in [0.15, 0.2) is 5.76 Å². The van der Waals surface area contributed by atoms with Crippen molar-refractivity contribution in [2.24, 2.45) is 0 Å². The second kappa shape index (κ2) is 5.47. The largest absolute Gasteiger partial charge is 0.478 e. The van der Waals surface area contributed by atoms with E-state index in [0.717, 1.165) is 0 Å². The fourth-order valence-electron chi connectivity index (χ4n) is 2.04. The van der Waals surface area contributed by atoms with E-state index < -0.39 is 11.6 Å². The lowest BCUT2D eigenvalue weighted by Crippen LogP contribution is -2.29. The molecule has 0 bridgehead atoms. The number of rotatable bonds is 5. The van der Waals surface area contributed by atoms with Gasteiger partial charge in [-0.25, -0.2) is 4.79 Å². The maximum Gasteiger partial charge on any atom is 0.339 e. The maximum absolute atomic E-state index is 11.2. The number of furan rings is 1. The number of benzene rings is 1. The summed E-state index contributed by atoms with van der Waals surface area (Å²) < 4.78 is 5.21. The van der Waals surface area contributed by atoms with Crippen LogP contribution in [0.5, 0.6) is 0 Å². The molecule has 0 amide bonds. The van der Waals surface area contributed by atoms with Crippen molar-refractivity contribution in [2.45, 2.75) is 12.0 Å². The van der Waals surface area contributed by atoms with Gasteiger partial charge >= 0.3 is 5.97 Å². The molecule has 1 atom stereocenters. The van der Waals surface area contributed by atoms with E-state index in [-0.39, 0.29) is 23.6 Å². The average Bonchev–Trinajstić information content (AvgIpc) is 2.90. The highest BCUT2D eigenvalue weighted by molar-refractivity contribution is 6.17. The highest BCUT2D eigenvalue weighted by atomic mass is 35.5. The van der Waals surface area contributed by atoms with Crippen LogP contribution in [0.4, 0.5) is 0 Å². The zero-order valence-corrected chi connectivity index (χ0v) is 10.8. The Kier molecular flexibility index (Phi) is 3.93. The molecule has 100 valence electrons. The Bertz CT molecular complexity index is 564. The molecule has 0 saturated carbocycles. The van der Waals surface area contributed by atoms with Crippen molar-refractivity contribution in [1.29, 1.82) is 0 Å². The van der Waals surface area contributed by atoms with Gasteiger partial charge in [-0.3, -0.25) is 0 Å². The van der Waals surface area contributed by atoms with Crippen molar-refractivity contribution in [2.75, 3.05) is 5.88 Å². The minimum absolute atomic E-state index is 0.00634. The summed E-state index contributed by atoms with van der Waals surface area (Å²) in [5.74, 6) is -0.968. The van der Waals surface area contributed by atoms with Gasteiger partial charge in [0.05, 0.1) is 6.26 Å². The first kappa shape index (κ1) is 13.6. The predicted octanol–water partition coefficient (Wildman–Crippen LogP) is 2.84. The summed E-state index contributed by atoms with van der Waals surface area (Å²) in [4.78, 5) is 11.2. The Labute approximate surface area is 115 Å². The average molecular weight is 281 g/mol. The van der Waals surface area contributed by atoms with E-state index >= 15 is 0 Å². The normalized spacial score (nSPS) is 14.0. The Balaban J connectivity index is 2.56. The molecule has 5 heteroatoms. The zero-order chi connectivity index (χ0) is 13.9. The van der Waals surface area contributed by atoms with Gasteiger partial charge in [-0.15, -0.1) is 11.6 Å². The molecule has 0 radical (unpaired) electrons. The van der Waals surface area contributed by atoms with Gasteiger partial charge in [0, 0.05) is 12.3 Å². The number of carbonyl (C=O) groups is 1. The number of aliphatic hydroxyl groups is 1. The van der Waals surface area contributed by atoms with Crippen molar-refractivity contribution in [3.8, 4) is 0 Å². The molecule has 1 aromatic heterocycles. The second-order valence-corrected chi connectivity index (χ2v) is 4.51. The SMILES string of the molecule is O=C(O)c1ccoc1C(O)(CCCl)c1ccccc1. The topological polar surface area (TPSA) is 70.7 Å². The van der Waals surface area contributed by atoms with Gasteiger partial charge < -0.3 is 14.6 Å². The molecule has 0 aliphatic carbocycles. The first-order valence-corrected chi connectivity index (χ1v) is 6.28. The lowest BCUT2D eigenvalue weighted by molar-refractivity contribution is 0.0480. The molecule has 4 nitrogen and oxygen atoms in total. The van der Waals surface area contributed by atoms with Crippen LogP contribution >= 0.6 is 11.6 Å². The van der Waals surface area contributed by atoms with Gasteiger partial charge in [-0.1, -0.05) is 30.3 Å². The van der Waals surface area contributed by atoms with Gasteiger partial charge in [-0.2, -0.15) is 0 Å². The lowest BCUT2D eigenvalue weighted by Gasteiger charge is -2.26. The molecule has 2 rings (SSSR count). The van der Waals surface area contributed by atoms with Crippen molar-refractivity contribution in [1.82, 2.24) is 0 Å². The van der Waals surface area contributed by atoms with E-state index in [4.69, 9.17) is 21.1 Å². The maximum atomic E-state index is 11.2. The van der Waals surface area contributed by atoms with Crippen LogP contribution in [0.15, 0.2) is 47.1 Å². The Hall–Kier alpha value is -1.78. The summed E-state index contributed by atoms with van der Waals surface area (Å²) in [6.45, 7) is 0. The third-order valence-corrected chi connectivity index (χ3v) is 3.17. The number of carboxylic acids is 1. The van der Waals surface area contributed by atoms with Gasteiger partial charge in [0.2, 0.25) is 0 Å². The van der Waals surface area contributed by atoms with Crippen LogP contribution in [0.25, 0.3) is 0 Å². The monoisotopic (exact) mass is 280 g/mol. The van der Waals surface area contributed by atoms with E-state index in [2.05, 4.69) is 0 Å². The highest BCUT2D eigenvalue weighted by Gasteiger charge is 2.37. The van der Waals surface area contributed by atoms with E-state index in [0.29, 0.717) is 5.56 Å².